The standard InChI is InChI=1S/C13H16ClNO3.ClH/c14-12-3-1-2-11(10-12)13(16)18-9-6-15-4-7-17-8-5-15;/h1-3,10H,4-9H2;1H. The van der Waals surface area contributed by atoms with Crippen LogP contribution in [0.3, 0.4) is 0 Å². The first-order valence-electron chi connectivity index (χ1n) is 5.98. The van der Waals surface area contributed by atoms with Crippen molar-refractivity contribution in [2.24, 2.45) is 0 Å². The Morgan fingerprint density at radius 1 is 1.37 bits per heavy atom. The SMILES string of the molecule is Cl.O=C(OCCN1CCOCC1)c1cccc(Cl)c1. The van der Waals surface area contributed by atoms with Crippen LogP contribution in [0.1, 0.15) is 10.4 Å². The minimum absolute atomic E-state index is 0. The Labute approximate surface area is 124 Å². The van der Waals surface area contributed by atoms with Gasteiger partial charge in [0.25, 0.3) is 0 Å². The summed E-state index contributed by atoms with van der Waals surface area (Å²) in [6.45, 7) is 4.44. The second-order valence-electron chi connectivity index (χ2n) is 4.10. The molecule has 0 bridgehead atoms. The number of carbonyl (C=O) groups excluding carboxylic acids is 1. The van der Waals surface area contributed by atoms with Crippen LogP contribution in [0.2, 0.25) is 5.02 Å². The molecule has 19 heavy (non-hydrogen) atoms. The molecule has 0 atom stereocenters. The molecule has 0 amide bonds. The summed E-state index contributed by atoms with van der Waals surface area (Å²) in [5.74, 6) is -0.328. The number of hydrogen-bond donors (Lipinski definition) is 0. The second-order valence-corrected chi connectivity index (χ2v) is 4.54. The van der Waals surface area contributed by atoms with Crippen molar-refractivity contribution in [2.75, 3.05) is 39.5 Å². The highest BCUT2D eigenvalue weighted by Crippen LogP contribution is 2.11. The van der Waals surface area contributed by atoms with Crippen molar-refractivity contribution >= 4 is 30.0 Å². The van der Waals surface area contributed by atoms with Crippen LogP contribution in [0.15, 0.2) is 24.3 Å². The highest BCUT2D eigenvalue weighted by Gasteiger charge is 2.12. The topological polar surface area (TPSA) is 38.8 Å². The van der Waals surface area contributed by atoms with E-state index in [2.05, 4.69) is 4.90 Å². The van der Waals surface area contributed by atoms with Gasteiger partial charge in [0.2, 0.25) is 0 Å². The minimum atomic E-state index is -0.328. The molecular weight excluding hydrogens is 289 g/mol. The maximum Gasteiger partial charge on any atom is 0.338 e. The molecule has 0 radical (unpaired) electrons. The second kappa shape index (κ2) is 8.38. The lowest BCUT2D eigenvalue weighted by molar-refractivity contribution is 0.0195. The fourth-order valence-corrected chi connectivity index (χ4v) is 1.98. The predicted molar refractivity (Wildman–Crippen MR) is 76.2 cm³/mol. The van der Waals surface area contributed by atoms with E-state index in [0.29, 0.717) is 17.2 Å². The van der Waals surface area contributed by atoms with Crippen LogP contribution < -0.4 is 0 Å². The van der Waals surface area contributed by atoms with Gasteiger partial charge in [-0.2, -0.15) is 0 Å². The third-order valence-corrected chi connectivity index (χ3v) is 3.04. The molecule has 1 aliphatic heterocycles. The average molecular weight is 306 g/mol. The summed E-state index contributed by atoms with van der Waals surface area (Å²) in [6.07, 6.45) is 0. The summed E-state index contributed by atoms with van der Waals surface area (Å²) in [4.78, 5) is 13.9. The Bertz CT molecular complexity index is 409. The number of morpholine rings is 1. The summed E-state index contributed by atoms with van der Waals surface area (Å²) in [7, 11) is 0. The van der Waals surface area contributed by atoms with Gasteiger partial charge in [-0.3, -0.25) is 4.90 Å². The molecule has 1 aromatic rings. The van der Waals surface area contributed by atoms with Gasteiger partial charge in [0.05, 0.1) is 18.8 Å². The Morgan fingerprint density at radius 3 is 2.79 bits per heavy atom. The van der Waals surface area contributed by atoms with E-state index in [9.17, 15) is 4.79 Å². The van der Waals surface area contributed by atoms with Crippen LogP contribution in [0.25, 0.3) is 0 Å². The van der Waals surface area contributed by atoms with Crippen LogP contribution in [-0.2, 0) is 9.47 Å². The molecule has 0 aliphatic carbocycles. The zero-order valence-electron chi connectivity index (χ0n) is 10.5. The third-order valence-electron chi connectivity index (χ3n) is 2.80. The molecule has 6 heteroatoms. The van der Waals surface area contributed by atoms with E-state index >= 15 is 0 Å². The average Bonchev–Trinajstić information content (AvgIpc) is 2.40. The van der Waals surface area contributed by atoms with E-state index in [0.717, 1.165) is 32.8 Å². The minimum Gasteiger partial charge on any atom is -0.461 e. The van der Waals surface area contributed by atoms with Gasteiger partial charge < -0.3 is 9.47 Å². The molecule has 2 rings (SSSR count). The Balaban J connectivity index is 0.00000180. The maximum absolute atomic E-state index is 11.7. The van der Waals surface area contributed by atoms with E-state index in [4.69, 9.17) is 21.1 Å². The van der Waals surface area contributed by atoms with Crippen molar-refractivity contribution in [1.29, 1.82) is 0 Å². The highest BCUT2D eigenvalue weighted by atomic mass is 35.5. The third kappa shape index (κ3) is 5.37. The zero-order valence-corrected chi connectivity index (χ0v) is 12.1. The predicted octanol–water partition coefficient (Wildman–Crippen LogP) is 2.25. The van der Waals surface area contributed by atoms with Gasteiger partial charge in [0.15, 0.2) is 0 Å². The number of benzene rings is 1. The van der Waals surface area contributed by atoms with Gasteiger partial charge in [0.1, 0.15) is 6.61 Å². The van der Waals surface area contributed by atoms with Crippen molar-refractivity contribution in [2.45, 2.75) is 0 Å². The first-order chi connectivity index (χ1) is 8.75. The van der Waals surface area contributed by atoms with Crippen LogP contribution in [0.5, 0.6) is 0 Å². The first kappa shape index (κ1) is 16.2. The lowest BCUT2D eigenvalue weighted by Gasteiger charge is -2.26. The quantitative estimate of drug-likeness (QED) is 0.800. The van der Waals surface area contributed by atoms with E-state index in [1.54, 1.807) is 24.3 Å². The Morgan fingerprint density at radius 2 is 2.11 bits per heavy atom. The number of ether oxygens (including phenoxy) is 2. The summed E-state index contributed by atoms with van der Waals surface area (Å²) in [5.41, 5.74) is 0.490. The van der Waals surface area contributed by atoms with Crippen molar-refractivity contribution in [1.82, 2.24) is 4.90 Å². The van der Waals surface area contributed by atoms with Crippen molar-refractivity contribution in [3.05, 3.63) is 34.9 Å². The number of carbonyl (C=O) groups is 1. The molecule has 0 unspecified atom stereocenters. The summed E-state index contributed by atoms with van der Waals surface area (Å²) in [6, 6.07) is 6.77. The highest BCUT2D eigenvalue weighted by molar-refractivity contribution is 6.30. The number of nitrogens with zero attached hydrogens (tertiary/aromatic N) is 1. The Kier molecular flexibility index (Phi) is 7.16. The van der Waals surface area contributed by atoms with E-state index < -0.39 is 0 Å². The molecule has 1 fully saturated rings. The smallest absolute Gasteiger partial charge is 0.338 e. The van der Waals surface area contributed by atoms with Gasteiger partial charge in [0, 0.05) is 24.7 Å². The largest absolute Gasteiger partial charge is 0.461 e. The lowest BCUT2D eigenvalue weighted by Crippen LogP contribution is -2.38. The molecule has 1 aliphatic rings. The zero-order chi connectivity index (χ0) is 12.8. The molecular formula is C13H17Cl2NO3. The number of esters is 1. The fourth-order valence-electron chi connectivity index (χ4n) is 1.79. The van der Waals surface area contributed by atoms with Crippen LogP contribution in [0, 0.1) is 0 Å². The normalized spacial score (nSPS) is 15.6. The molecule has 0 saturated carbocycles. The summed E-state index contributed by atoms with van der Waals surface area (Å²) >= 11 is 5.81. The summed E-state index contributed by atoms with van der Waals surface area (Å²) in [5, 5.41) is 0.539. The molecule has 0 N–H and O–H groups in total. The van der Waals surface area contributed by atoms with Crippen molar-refractivity contribution < 1.29 is 14.3 Å². The number of rotatable bonds is 4. The van der Waals surface area contributed by atoms with E-state index in [-0.39, 0.29) is 18.4 Å². The van der Waals surface area contributed by atoms with Crippen molar-refractivity contribution in [3.63, 3.8) is 0 Å². The van der Waals surface area contributed by atoms with E-state index in [1.807, 2.05) is 0 Å². The molecule has 1 saturated heterocycles. The van der Waals surface area contributed by atoms with Gasteiger partial charge >= 0.3 is 5.97 Å². The molecule has 1 heterocycles. The van der Waals surface area contributed by atoms with Gasteiger partial charge in [-0.15, -0.1) is 12.4 Å². The van der Waals surface area contributed by atoms with Gasteiger partial charge in [-0.25, -0.2) is 4.79 Å². The lowest BCUT2D eigenvalue weighted by atomic mass is 10.2. The number of halogens is 2. The van der Waals surface area contributed by atoms with Gasteiger partial charge in [-0.1, -0.05) is 17.7 Å². The Hall–Kier alpha value is -0.810. The van der Waals surface area contributed by atoms with E-state index in [1.165, 1.54) is 0 Å². The van der Waals surface area contributed by atoms with Crippen LogP contribution in [-0.4, -0.2) is 50.3 Å². The van der Waals surface area contributed by atoms with Crippen LogP contribution in [0.4, 0.5) is 0 Å². The van der Waals surface area contributed by atoms with Crippen molar-refractivity contribution in [3.8, 4) is 0 Å². The molecule has 0 spiro atoms. The fraction of sp³-hybridized carbons (Fsp3) is 0.462. The van der Waals surface area contributed by atoms with Gasteiger partial charge in [-0.05, 0) is 18.2 Å². The molecule has 4 nitrogen and oxygen atoms in total. The summed E-state index contributed by atoms with van der Waals surface area (Å²) < 4.78 is 10.5. The monoisotopic (exact) mass is 305 g/mol. The molecule has 0 aromatic heterocycles. The van der Waals surface area contributed by atoms with Crippen LogP contribution >= 0.6 is 24.0 Å². The molecule has 106 valence electrons. The number of hydrogen-bond acceptors (Lipinski definition) is 4. The maximum atomic E-state index is 11.7. The first-order valence-corrected chi connectivity index (χ1v) is 6.36. The molecule has 1 aromatic carbocycles.